The molecule has 2 heteroatoms. The monoisotopic (exact) mass is 222 g/mol. The first-order valence-corrected chi connectivity index (χ1v) is 6.88. The van der Waals surface area contributed by atoms with Gasteiger partial charge in [-0.2, -0.15) is 0 Å². The summed E-state index contributed by atoms with van der Waals surface area (Å²) < 4.78 is 0. The molecule has 82 valence electrons. The second kappa shape index (κ2) is 3.60. The van der Waals surface area contributed by atoms with E-state index in [4.69, 9.17) is 0 Å². The molecule has 1 aromatic rings. The molecule has 0 radical (unpaired) electrons. The zero-order valence-electron chi connectivity index (χ0n) is 9.15. The number of aliphatic hydroxyl groups excluding tert-OH is 1. The summed E-state index contributed by atoms with van der Waals surface area (Å²) in [5.74, 6) is 2.27. The highest BCUT2D eigenvalue weighted by Gasteiger charge is 2.54. The zero-order chi connectivity index (χ0) is 10.4. The molecule has 15 heavy (non-hydrogen) atoms. The summed E-state index contributed by atoms with van der Waals surface area (Å²) in [4.78, 5) is 1.31. The third kappa shape index (κ3) is 1.64. The third-order valence-electron chi connectivity index (χ3n) is 4.18. The molecule has 3 unspecified atom stereocenters. The normalized spacial score (nSPS) is 36.0. The molecule has 3 rings (SSSR count). The van der Waals surface area contributed by atoms with Gasteiger partial charge >= 0.3 is 0 Å². The number of thiophene rings is 1. The first kappa shape index (κ1) is 9.86. The molecule has 0 aliphatic heterocycles. The van der Waals surface area contributed by atoms with E-state index in [0.717, 1.165) is 17.4 Å². The highest BCUT2D eigenvalue weighted by molar-refractivity contribution is 7.10. The number of aliphatic hydroxyl groups is 1. The van der Waals surface area contributed by atoms with E-state index < -0.39 is 0 Å². The molecule has 2 fully saturated rings. The Kier molecular flexibility index (Phi) is 2.37. The van der Waals surface area contributed by atoms with Crippen LogP contribution in [0.25, 0.3) is 0 Å². The molecule has 1 nitrogen and oxygen atoms in total. The molecular formula is C13H18OS. The van der Waals surface area contributed by atoms with E-state index in [9.17, 15) is 5.11 Å². The molecule has 1 N–H and O–H groups in total. The summed E-state index contributed by atoms with van der Waals surface area (Å²) in [5.41, 5.74) is 1.16. The molecule has 1 aromatic heterocycles. The van der Waals surface area contributed by atoms with Gasteiger partial charge in [0, 0.05) is 4.88 Å². The molecule has 2 aliphatic carbocycles. The summed E-state index contributed by atoms with van der Waals surface area (Å²) in [6.07, 6.45) is 5.30. The van der Waals surface area contributed by atoms with Crippen LogP contribution in [-0.4, -0.2) is 5.11 Å². The van der Waals surface area contributed by atoms with Gasteiger partial charge in [-0.05, 0) is 54.5 Å². The van der Waals surface area contributed by atoms with Crippen molar-refractivity contribution in [3.63, 3.8) is 0 Å². The predicted octanol–water partition coefficient (Wildman–Crippen LogP) is 3.53. The lowest BCUT2D eigenvalue weighted by molar-refractivity contribution is 0.142. The van der Waals surface area contributed by atoms with Crippen LogP contribution in [0.5, 0.6) is 0 Å². The van der Waals surface area contributed by atoms with Gasteiger partial charge in [0.1, 0.15) is 0 Å². The van der Waals surface area contributed by atoms with Gasteiger partial charge in [-0.1, -0.05) is 12.8 Å². The summed E-state index contributed by atoms with van der Waals surface area (Å²) >= 11 is 1.75. The molecular weight excluding hydrogens is 204 g/mol. The Morgan fingerprint density at radius 1 is 1.33 bits per heavy atom. The van der Waals surface area contributed by atoms with Crippen LogP contribution in [0.4, 0.5) is 0 Å². The summed E-state index contributed by atoms with van der Waals surface area (Å²) in [7, 11) is 0. The lowest BCUT2D eigenvalue weighted by Crippen LogP contribution is -2.00. The van der Waals surface area contributed by atoms with E-state index in [1.807, 2.05) is 0 Å². The van der Waals surface area contributed by atoms with Crippen molar-refractivity contribution in [2.24, 2.45) is 17.8 Å². The van der Waals surface area contributed by atoms with Crippen molar-refractivity contribution in [1.29, 1.82) is 0 Å². The number of hydrogen-bond acceptors (Lipinski definition) is 2. The van der Waals surface area contributed by atoms with E-state index in [1.54, 1.807) is 11.3 Å². The first-order valence-electron chi connectivity index (χ1n) is 6.00. The van der Waals surface area contributed by atoms with Gasteiger partial charge in [0.05, 0.1) is 6.10 Å². The van der Waals surface area contributed by atoms with Crippen molar-refractivity contribution in [2.45, 2.75) is 38.7 Å². The van der Waals surface area contributed by atoms with Crippen LogP contribution >= 0.6 is 11.3 Å². The van der Waals surface area contributed by atoms with Crippen molar-refractivity contribution in [3.8, 4) is 0 Å². The second-order valence-corrected chi connectivity index (χ2v) is 6.24. The maximum absolute atomic E-state index is 10.3. The Morgan fingerprint density at radius 3 is 2.53 bits per heavy atom. The van der Waals surface area contributed by atoms with Crippen molar-refractivity contribution in [2.75, 3.05) is 0 Å². The van der Waals surface area contributed by atoms with Crippen LogP contribution in [0.1, 0.15) is 42.2 Å². The first-order chi connectivity index (χ1) is 7.27. The Morgan fingerprint density at radius 2 is 2.00 bits per heavy atom. The summed E-state index contributed by atoms with van der Waals surface area (Å²) in [5, 5.41) is 12.4. The minimum absolute atomic E-state index is 0.178. The summed E-state index contributed by atoms with van der Waals surface area (Å²) in [6.45, 7) is 2.11. The van der Waals surface area contributed by atoms with E-state index in [0.29, 0.717) is 5.92 Å². The minimum atomic E-state index is -0.178. The summed E-state index contributed by atoms with van der Waals surface area (Å²) in [6, 6.07) is 2.15. The van der Waals surface area contributed by atoms with Crippen LogP contribution in [-0.2, 0) is 0 Å². The number of aryl methyl sites for hydroxylation is 1. The SMILES string of the molecule is Cc1cc(C(O)C2C3CCCCC32)cs1. The highest BCUT2D eigenvalue weighted by Crippen LogP contribution is 2.60. The number of fused-ring (bicyclic) bond motifs is 1. The molecule has 1 heterocycles. The fraction of sp³-hybridized carbons (Fsp3) is 0.692. The van der Waals surface area contributed by atoms with Gasteiger partial charge < -0.3 is 5.11 Å². The van der Waals surface area contributed by atoms with Gasteiger partial charge in [-0.25, -0.2) is 0 Å². The van der Waals surface area contributed by atoms with Gasteiger partial charge in [0.15, 0.2) is 0 Å². The average molecular weight is 222 g/mol. The lowest BCUT2D eigenvalue weighted by Gasteiger charge is -2.07. The predicted molar refractivity (Wildman–Crippen MR) is 63.0 cm³/mol. The largest absolute Gasteiger partial charge is 0.388 e. The van der Waals surface area contributed by atoms with Crippen LogP contribution < -0.4 is 0 Å². The van der Waals surface area contributed by atoms with Crippen LogP contribution in [0.2, 0.25) is 0 Å². The zero-order valence-corrected chi connectivity index (χ0v) is 9.96. The van der Waals surface area contributed by atoms with E-state index in [-0.39, 0.29) is 6.10 Å². The molecule has 0 amide bonds. The minimum Gasteiger partial charge on any atom is -0.388 e. The molecule has 0 aromatic carbocycles. The van der Waals surface area contributed by atoms with Gasteiger partial charge in [0.25, 0.3) is 0 Å². The molecule has 0 bridgehead atoms. The topological polar surface area (TPSA) is 20.2 Å². The van der Waals surface area contributed by atoms with Gasteiger partial charge in [-0.3, -0.25) is 0 Å². The molecule has 0 saturated heterocycles. The van der Waals surface area contributed by atoms with Crippen LogP contribution in [0.3, 0.4) is 0 Å². The quantitative estimate of drug-likeness (QED) is 0.811. The fourth-order valence-corrected chi connectivity index (χ4v) is 4.09. The smallest absolute Gasteiger partial charge is 0.0831 e. The van der Waals surface area contributed by atoms with Crippen LogP contribution in [0, 0.1) is 24.7 Å². The van der Waals surface area contributed by atoms with Crippen molar-refractivity contribution in [1.82, 2.24) is 0 Å². The third-order valence-corrected chi connectivity index (χ3v) is 5.06. The fourth-order valence-electron chi connectivity index (χ4n) is 3.36. The van der Waals surface area contributed by atoms with Crippen LogP contribution in [0.15, 0.2) is 11.4 Å². The highest BCUT2D eigenvalue weighted by atomic mass is 32.1. The Labute approximate surface area is 95.1 Å². The Hall–Kier alpha value is -0.340. The number of rotatable bonds is 2. The van der Waals surface area contributed by atoms with E-state index in [2.05, 4.69) is 18.4 Å². The average Bonchev–Trinajstić information content (AvgIpc) is 2.82. The Bertz CT molecular complexity index is 345. The molecule has 2 aliphatic rings. The van der Waals surface area contributed by atoms with Gasteiger partial charge in [-0.15, -0.1) is 11.3 Å². The maximum Gasteiger partial charge on any atom is 0.0831 e. The lowest BCUT2D eigenvalue weighted by atomic mass is 10.0. The van der Waals surface area contributed by atoms with Crippen molar-refractivity contribution >= 4 is 11.3 Å². The van der Waals surface area contributed by atoms with E-state index in [1.165, 1.54) is 30.6 Å². The molecule has 3 atom stereocenters. The van der Waals surface area contributed by atoms with Crippen molar-refractivity contribution < 1.29 is 5.11 Å². The Balaban J connectivity index is 1.73. The molecule has 0 spiro atoms. The number of hydrogen-bond donors (Lipinski definition) is 1. The molecule has 2 saturated carbocycles. The standard InChI is InChI=1S/C13H18OS/c1-8-6-9(7-15-8)13(14)12-10-4-2-3-5-11(10)12/h6-7,10-14H,2-5H2,1H3. The maximum atomic E-state index is 10.3. The van der Waals surface area contributed by atoms with E-state index >= 15 is 0 Å². The van der Waals surface area contributed by atoms with Gasteiger partial charge in [0.2, 0.25) is 0 Å². The second-order valence-electron chi connectivity index (χ2n) is 5.13. The van der Waals surface area contributed by atoms with Crippen molar-refractivity contribution in [3.05, 3.63) is 21.9 Å².